The topological polar surface area (TPSA) is 77.5 Å². The fraction of sp³-hybridized carbons (Fsp3) is 0.349. The molecule has 0 N–H and O–H groups in total. The number of nitrogens with zero attached hydrogens (tertiary/aromatic N) is 2. The van der Waals surface area contributed by atoms with E-state index in [-0.39, 0.29) is 24.0 Å². The van der Waals surface area contributed by atoms with Crippen LogP contribution in [0, 0.1) is 0 Å². The van der Waals surface area contributed by atoms with E-state index < -0.39 is 0 Å². The summed E-state index contributed by atoms with van der Waals surface area (Å²) in [6.45, 7) is 5.38. The smallest absolute Gasteiger partial charge is 0.410 e. The molecule has 268 valence electrons. The van der Waals surface area contributed by atoms with Crippen molar-refractivity contribution in [3.05, 3.63) is 114 Å². The Hall–Kier alpha value is -4.86. The third-order valence-corrected chi connectivity index (χ3v) is 11.6. The van der Waals surface area contributed by atoms with E-state index in [1.807, 2.05) is 102 Å². The van der Waals surface area contributed by atoms with Gasteiger partial charge in [-0.05, 0) is 123 Å². The van der Waals surface area contributed by atoms with Gasteiger partial charge in [0.15, 0.2) is 5.78 Å². The van der Waals surface area contributed by atoms with Gasteiger partial charge < -0.3 is 18.9 Å². The highest BCUT2D eigenvalue weighted by Gasteiger charge is 2.37. The number of ether oxygens (including phenoxy) is 4. The van der Waals surface area contributed by atoms with E-state index in [0.29, 0.717) is 43.2 Å². The Labute approximate surface area is 308 Å². The van der Waals surface area contributed by atoms with Crippen LogP contribution in [0.25, 0.3) is 20.5 Å². The molecule has 2 saturated heterocycles. The van der Waals surface area contributed by atoms with Gasteiger partial charge in [0.1, 0.15) is 43.2 Å². The highest BCUT2D eigenvalue weighted by molar-refractivity contribution is 7.22. The van der Waals surface area contributed by atoms with Crippen molar-refractivity contribution in [2.24, 2.45) is 0 Å². The zero-order valence-electron chi connectivity index (χ0n) is 29.3. The number of hydrogen-bond donors (Lipinski definition) is 0. The lowest BCUT2D eigenvalue weighted by Crippen LogP contribution is -2.48. The Balaban J connectivity index is 1.04. The Bertz CT molecular complexity index is 1990. The zero-order chi connectivity index (χ0) is 35.3. The normalized spacial score (nSPS) is 19.2. The predicted octanol–water partition coefficient (Wildman–Crippen LogP) is 9.00. The minimum Gasteiger partial charge on any atom is -0.492 e. The Kier molecular flexibility index (Phi) is 10.4. The number of carbonyl (C=O) groups excluding carboxylic acids is 2. The summed E-state index contributed by atoms with van der Waals surface area (Å²) in [7, 11) is 0. The standard InChI is InChI=1S/C43H44N2O6S/c46-41(31-12-18-34(19-13-31)51-38-11-5-4-10-37(38)45-25-27-49-43(45)47)40-36-21-20-35(50-29-30-8-2-1-3-9-30)28-39(36)52-42(40)32-14-16-33(17-15-32)48-26-24-44-22-6-7-23-44/h1-3,8-9,12-21,28,37-38H,4-7,10-11,22-27,29H2/t37-,38-/m1/s1. The molecular weight excluding hydrogens is 673 g/mol. The number of carbonyl (C=O) groups is 2. The quantitative estimate of drug-likeness (QED) is 0.113. The molecule has 1 aromatic heterocycles. The Morgan fingerprint density at radius 3 is 2.31 bits per heavy atom. The molecule has 9 heteroatoms. The van der Waals surface area contributed by atoms with E-state index >= 15 is 0 Å². The molecule has 0 spiro atoms. The summed E-state index contributed by atoms with van der Waals surface area (Å²) in [5.74, 6) is 2.23. The van der Waals surface area contributed by atoms with Gasteiger partial charge >= 0.3 is 6.09 Å². The summed E-state index contributed by atoms with van der Waals surface area (Å²) in [6.07, 6.45) is 6.06. The monoisotopic (exact) mass is 716 g/mol. The average molecular weight is 717 g/mol. The van der Waals surface area contributed by atoms with Crippen LogP contribution in [-0.4, -0.2) is 73.2 Å². The first-order chi connectivity index (χ1) is 25.6. The van der Waals surface area contributed by atoms with Crippen molar-refractivity contribution < 1.29 is 28.5 Å². The van der Waals surface area contributed by atoms with Crippen molar-refractivity contribution in [2.45, 2.75) is 57.3 Å². The summed E-state index contributed by atoms with van der Waals surface area (Å²) in [5, 5.41) is 0.894. The number of likely N-dealkylation sites (tertiary alicyclic amines) is 1. The molecule has 2 aliphatic heterocycles. The molecule has 4 aromatic carbocycles. The highest BCUT2D eigenvalue weighted by atomic mass is 32.1. The van der Waals surface area contributed by atoms with Gasteiger partial charge in [0, 0.05) is 32.6 Å². The lowest BCUT2D eigenvalue weighted by Gasteiger charge is -2.36. The van der Waals surface area contributed by atoms with Crippen LogP contribution >= 0.6 is 11.3 Å². The largest absolute Gasteiger partial charge is 0.492 e. The van der Waals surface area contributed by atoms with Crippen LogP contribution in [0.5, 0.6) is 17.2 Å². The third kappa shape index (κ3) is 7.66. The van der Waals surface area contributed by atoms with Crippen LogP contribution in [0.1, 0.15) is 60.0 Å². The van der Waals surface area contributed by atoms with Gasteiger partial charge in [-0.15, -0.1) is 11.3 Å². The number of amides is 1. The van der Waals surface area contributed by atoms with Gasteiger partial charge in [-0.25, -0.2) is 4.79 Å². The number of fused-ring (bicyclic) bond motifs is 1. The maximum Gasteiger partial charge on any atom is 0.410 e. The molecule has 0 unspecified atom stereocenters. The highest BCUT2D eigenvalue weighted by Crippen LogP contribution is 2.42. The Morgan fingerprint density at radius 1 is 0.788 bits per heavy atom. The van der Waals surface area contributed by atoms with Crippen molar-refractivity contribution in [3.63, 3.8) is 0 Å². The van der Waals surface area contributed by atoms with Crippen LogP contribution in [-0.2, 0) is 11.3 Å². The van der Waals surface area contributed by atoms with E-state index in [1.165, 1.54) is 12.8 Å². The van der Waals surface area contributed by atoms with Crippen molar-refractivity contribution in [1.29, 1.82) is 0 Å². The number of benzene rings is 4. The van der Waals surface area contributed by atoms with Crippen LogP contribution < -0.4 is 14.2 Å². The fourth-order valence-electron chi connectivity index (χ4n) is 7.62. The van der Waals surface area contributed by atoms with Gasteiger partial charge in [-0.3, -0.25) is 14.6 Å². The lowest BCUT2D eigenvalue weighted by atomic mass is 9.91. The van der Waals surface area contributed by atoms with Crippen LogP contribution in [0.4, 0.5) is 4.79 Å². The average Bonchev–Trinajstić information content (AvgIpc) is 3.95. The molecule has 1 amide bonds. The molecule has 3 heterocycles. The SMILES string of the molecule is O=C(c1ccc(O[C@@H]2CCCC[C@H]2N2CCOC2=O)cc1)c1c(-c2ccc(OCCN3CCCC3)cc2)sc2cc(OCc3ccccc3)ccc12. The van der Waals surface area contributed by atoms with Crippen LogP contribution in [0.15, 0.2) is 97.1 Å². The summed E-state index contributed by atoms with van der Waals surface area (Å²) >= 11 is 1.60. The first-order valence-corrected chi connectivity index (χ1v) is 19.3. The number of rotatable bonds is 13. The van der Waals surface area contributed by atoms with Crippen LogP contribution in [0.2, 0.25) is 0 Å². The number of thiophene rings is 1. The second-order valence-electron chi connectivity index (χ2n) is 13.8. The van der Waals surface area contributed by atoms with Crippen molar-refractivity contribution >= 4 is 33.3 Å². The first-order valence-electron chi connectivity index (χ1n) is 18.5. The fourth-order valence-corrected chi connectivity index (χ4v) is 8.85. The molecule has 5 aromatic rings. The molecule has 3 aliphatic rings. The van der Waals surface area contributed by atoms with Gasteiger partial charge in [0.2, 0.25) is 0 Å². The zero-order valence-corrected chi connectivity index (χ0v) is 30.2. The number of cyclic esters (lactones) is 1. The van der Waals surface area contributed by atoms with Gasteiger partial charge in [-0.2, -0.15) is 0 Å². The van der Waals surface area contributed by atoms with E-state index in [2.05, 4.69) is 4.90 Å². The molecule has 1 saturated carbocycles. The van der Waals surface area contributed by atoms with Gasteiger partial charge in [-0.1, -0.05) is 36.8 Å². The molecule has 1 aliphatic carbocycles. The maximum atomic E-state index is 14.5. The van der Waals surface area contributed by atoms with Crippen molar-refractivity contribution in [1.82, 2.24) is 9.80 Å². The molecule has 0 radical (unpaired) electrons. The minimum atomic E-state index is -0.255. The first kappa shape index (κ1) is 34.2. The molecular formula is C43H44N2O6S. The maximum absolute atomic E-state index is 14.5. The molecule has 8 rings (SSSR count). The molecule has 8 nitrogen and oxygen atoms in total. The number of ketones is 1. The second-order valence-corrected chi connectivity index (χ2v) is 14.9. The van der Waals surface area contributed by atoms with E-state index in [1.54, 1.807) is 11.3 Å². The van der Waals surface area contributed by atoms with Gasteiger partial charge in [0.25, 0.3) is 0 Å². The van der Waals surface area contributed by atoms with E-state index in [9.17, 15) is 9.59 Å². The Morgan fingerprint density at radius 2 is 1.54 bits per heavy atom. The molecule has 2 atom stereocenters. The molecule has 3 fully saturated rings. The predicted molar refractivity (Wildman–Crippen MR) is 204 cm³/mol. The summed E-state index contributed by atoms with van der Waals surface area (Å²) in [5.41, 5.74) is 3.32. The summed E-state index contributed by atoms with van der Waals surface area (Å²) < 4.78 is 24.9. The summed E-state index contributed by atoms with van der Waals surface area (Å²) in [4.78, 5) is 32.0. The summed E-state index contributed by atoms with van der Waals surface area (Å²) in [6, 6.07) is 31.6. The molecule has 0 bridgehead atoms. The molecule has 52 heavy (non-hydrogen) atoms. The minimum absolute atomic E-state index is 0.00628. The second kappa shape index (κ2) is 15.8. The third-order valence-electron chi connectivity index (χ3n) is 10.4. The van der Waals surface area contributed by atoms with E-state index in [0.717, 1.165) is 82.9 Å². The number of hydrogen-bond acceptors (Lipinski definition) is 8. The van der Waals surface area contributed by atoms with Crippen LogP contribution in [0.3, 0.4) is 0 Å². The van der Waals surface area contributed by atoms with Crippen molar-refractivity contribution in [2.75, 3.05) is 39.4 Å². The van der Waals surface area contributed by atoms with Gasteiger partial charge in [0.05, 0.1) is 12.6 Å². The van der Waals surface area contributed by atoms with Crippen molar-refractivity contribution in [3.8, 4) is 27.7 Å². The lowest BCUT2D eigenvalue weighted by molar-refractivity contribution is 0.0572. The van der Waals surface area contributed by atoms with E-state index in [4.69, 9.17) is 18.9 Å².